The largest absolute Gasteiger partial charge is 0.480 e. The molecular formula is C42H80NO10P. The van der Waals surface area contributed by atoms with Crippen LogP contribution in [0.4, 0.5) is 0 Å². The van der Waals surface area contributed by atoms with E-state index in [4.69, 9.17) is 24.8 Å². The standard InChI is InChI=1S/C42H80NO10P/c1-3-5-7-9-11-13-15-16-17-18-19-20-21-22-24-26-28-30-32-34-41(45)53-38(36-51-54(48,49)52-37-39(43)42(46)47)35-50-40(44)33-31-29-27-25-23-14-12-10-8-6-4-2/h18-19,38-39H,3-17,20-37,43H2,1-2H3,(H,46,47)(H,48,49)/b19-18-/t38-,39+/m1/s1. The van der Waals surface area contributed by atoms with Crippen molar-refractivity contribution in [3.8, 4) is 0 Å². The van der Waals surface area contributed by atoms with Crippen molar-refractivity contribution in [1.82, 2.24) is 0 Å². The van der Waals surface area contributed by atoms with Crippen molar-refractivity contribution in [2.75, 3.05) is 19.8 Å². The second-order valence-electron chi connectivity index (χ2n) is 14.8. The molecule has 318 valence electrons. The zero-order valence-electron chi connectivity index (χ0n) is 34.3. The predicted octanol–water partition coefficient (Wildman–Crippen LogP) is 11.3. The van der Waals surface area contributed by atoms with Crippen LogP contribution >= 0.6 is 7.82 Å². The minimum Gasteiger partial charge on any atom is -0.480 e. The second-order valence-corrected chi connectivity index (χ2v) is 16.3. The van der Waals surface area contributed by atoms with Crippen molar-refractivity contribution in [3.63, 3.8) is 0 Å². The van der Waals surface area contributed by atoms with Crippen LogP contribution in [0.1, 0.15) is 206 Å². The number of rotatable bonds is 41. The lowest BCUT2D eigenvalue weighted by atomic mass is 10.1. The summed E-state index contributed by atoms with van der Waals surface area (Å²) in [5.41, 5.74) is 5.33. The summed E-state index contributed by atoms with van der Waals surface area (Å²) in [4.78, 5) is 45.9. The van der Waals surface area contributed by atoms with Gasteiger partial charge >= 0.3 is 25.7 Å². The van der Waals surface area contributed by atoms with Crippen LogP contribution in [0.2, 0.25) is 0 Å². The molecule has 0 aromatic heterocycles. The van der Waals surface area contributed by atoms with Gasteiger partial charge in [0, 0.05) is 12.8 Å². The molecule has 0 saturated carbocycles. The fraction of sp³-hybridized carbons (Fsp3) is 0.881. The fourth-order valence-electron chi connectivity index (χ4n) is 6.06. The van der Waals surface area contributed by atoms with Gasteiger partial charge in [-0.2, -0.15) is 0 Å². The number of unbranched alkanes of at least 4 members (excludes halogenated alkanes) is 25. The second kappa shape index (κ2) is 38.1. The Labute approximate surface area is 328 Å². The van der Waals surface area contributed by atoms with Gasteiger partial charge in [0.25, 0.3) is 0 Å². The molecule has 0 saturated heterocycles. The van der Waals surface area contributed by atoms with Crippen LogP contribution < -0.4 is 5.73 Å². The number of phosphoric acid groups is 1. The number of hydrogen-bond acceptors (Lipinski definition) is 9. The number of carbonyl (C=O) groups excluding carboxylic acids is 2. The Morgan fingerprint density at radius 1 is 0.556 bits per heavy atom. The Balaban J connectivity index is 4.31. The molecule has 0 amide bonds. The number of carboxylic acid groups (broad SMARTS) is 1. The molecule has 11 nitrogen and oxygen atoms in total. The highest BCUT2D eigenvalue weighted by molar-refractivity contribution is 7.47. The lowest BCUT2D eigenvalue weighted by Gasteiger charge is -2.20. The van der Waals surface area contributed by atoms with Gasteiger partial charge in [-0.25, -0.2) is 4.57 Å². The third-order valence-electron chi connectivity index (χ3n) is 9.51. The molecule has 0 bridgehead atoms. The van der Waals surface area contributed by atoms with Gasteiger partial charge in [0.05, 0.1) is 13.2 Å². The zero-order chi connectivity index (χ0) is 40.0. The Kier molecular flexibility index (Phi) is 36.9. The van der Waals surface area contributed by atoms with Crippen LogP contribution in [-0.2, 0) is 37.5 Å². The molecule has 1 unspecified atom stereocenters. The van der Waals surface area contributed by atoms with Crippen LogP contribution in [0.3, 0.4) is 0 Å². The quantitative estimate of drug-likeness (QED) is 0.0233. The van der Waals surface area contributed by atoms with E-state index < -0.39 is 51.1 Å². The Hall–Kier alpha value is -1.78. The maximum atomic E-state index is 12.6. The smallest absolute Gasteiger partial charge is 0.472 e. The Morgan fingerprint density at radius 2 is 0.926 bits per heavy atom. The lowest BCUT2D eigenvalue weighted by molar-refractivity contribution is -0.161. The molecule has 0 aromatic carbocycles. The predicted molar refractivity (Wildman–Crippen MR) is 217 cm³/mol. The van der Waals surface area contributed by atoms with Gasteiger partial charge in [-0.15, -0.1) is 0 Å². The summed E-state index contributed by atoms with van der Waals surface area (Å²) < 4.78 is 32.6. The summed E-state index contributed by atoms with van der Waals surface area (Å²) >= 11 is 0. The molecule has 0 aliphatic heterocycles. The van der Waals surface area contributed by atoms with Crippen LogP contribution in [0.5, 0.6) is 0 Å². The molecule has 0 heterocycles. The van der Waals surface area contributed by atoms with Crippen molar-refractivity contribution in [3.05, 3.63) is 12.2 Å². The maximum absolute atomic E-state index is 12.6. The number of carboxylic acids is 1. The number of nitrogens with two attached hydrogens (primary N) is 1. The van der Waals surface area contributed by atoms with E-state index in [2.05, 4.69) is 30.5 Å². The maximum Gasteiger partial charge on any atom is 0.472 e. The summed E-state index contributed by atoms with van der Waals surface area (Å²) in [6, 6.07) is -1.52. The molecule has 4 N–H and O–H groups in total. The van der Waals surface area contributed by atoms with E-state index in [0.717, 1.165) is 44.9 Å². The van der Waals surface area contributed by atoms with Crippen molar-refractivity contribution in [2.45, 2.75) is 219 Å². The SMILES string of the molecule is CCCCCCCCCC/C=C\CCCCCCCCCC(=O)O[C@H](COC(=O)CCCCCCCCCCCCC)COP(=O)(O)OC[C@H](N)C(=O)O. The first-order chi connectivity index (χ1) is 26.1. The average Bonchev–Trinajstić information content (AvgIpc) is 3.14. The summed E-state index contributed by atoms with van der Waals surface area (Å²) in [6.07, 6.45) is 37.1. The van der Waals surface area contributed by atoms with E-state index in [1.165, 1.54) is 122 Å². The summed E-state index contributed by atoms with van der Waals surface area (Å²) in [5.74, 6) is -2.37. The number of aliphatic carboxylic acids is 1. The molecule has 12 heteroatoms. The first kappa shape index (κ1) is 52.2. The molecule has 0 aliphatic rings. The van der Waals surface area contributed by atoms with Crippen LogP contribution in [0.15, 0.2) is 12.2 Å². The minimum absolute atomic E-state index is 0.160. The van der Waals surface area contributed by atoms with Crippen molar-refractivity contribution in [2.24, 2.45) is 5.73 Å². The van der Waals surface area contributed by atoms with Crippen molar-refractivity contribution < 1.29 is 47.5 Å². The molecule has 0 aromatic rings. The highest BCUT2D eigenvalue weighted by Gasteiger charge is 2.28. The monoisotopic (exact) mass is 790 g/mol. The molecule has 0 aliphatic carbocycles. The number of ether oxygens (including phenoxy) is 2. The van der Waals surface area contributed by atoms with Crippen LogP contribution in [0, 0.1) is 0 Å². The highest BCUT2D eigenvalue weighted by atomic mass is 31.2. The van der Waals surface area contributed by atoms with Gasteiger partial charge in [0.1, 0.15) is 12.6 Å². The summed E-state index contributed by atoms with van der Waals surface area (Å²) in [7, 11) is -4.71. The Morgan fingerprint density at radius 3 is 1.35 bits per heavy atom. The third-order valence-corrected chi connectivity index (χ3v) is 10.5. The van der Waals surface area contributed by atoms with Gasteiger partial charge in [-0.05, 0) is 38.5 Å². The van der Waals surface area contributed by atoms with Gasteiger partial charge < -0.3 is 25.2 Å². The molecule has 3 atom stereocenters. The van der Waals surface area contributed by atoms with Crippen LogP contribution in [-0.4, -0.2) is 59.9 Å². The van der Waals surface area contributed by atoms with Crippen LogP contribution in [0.25, 0.3) is 0 Å². The average molecular weight is 790 g/mol. The number of carbonyl (C=O) groups is 3. The van der Waals surface area contributed by atoms with E-state index >= 15 is 0 Å². The topological polar surface area (TPSA) is 172 Å². The summed E-state index contributed by atoms with van der Waals surface area (Å²) in [6.45, 7) is 2.80. The number of hydrogen-bond donors (Lipinski definition) is 3. The van der Waals surface area contributed by atoms with Crippen molar-refractivity contribution in [1.29, 1.82) is 0 Å². The number of allylic oxidation sites excluding steroid dienone is 2. The Bertz CT molecular complexity index is 979. The molecule has 54 heavy (non-hydrogen) atoms. The van der Waals surface area contributed by atoms with Gasteiger partial charge in [0.2, 0.25) is 0 Å². The molecule has 0 radical (unpaired) electrons. The van der Waals surface area contributed by atoms with Gasteiger partial charge in [-0.3, -0.25) is 23.4 Å². The number of phosphoric ester groups is 1. The van der Waals surface area contributed by atoms with E-state index in [9.17, 15) is 23.8 Å². The molecule has 0 spiro atoms. The van der Waals surface area contributed by atoms with E-state index in [1.54, 1.807) is 0 Å². The first-order valence-corrected chi connectivity index (χ1v) is 23.2. The van der Waals surface area contributed by atoms with Gasteiger partial charge in [-0.1, -0.05) is 167 Å². The third kappa shape index (κ3) is 37.2. The van der Waals surface area contributed by atoms with E-state index in [-0.39, 0.29) is 19.4 Å². The molecule has 0 rings (SSSR count). The zero-order valence-corrected chi connectivity index (χ0v) is 35.2. The van der Waals surface area contributed by atoms with E-state index in [1.807, 2.05) is 0 Å². The fourth-order valence-corrected chi connectivity index (χ4v) is 6.84. The van der Waals surface area contributed by atoms with Gasteiger partial charge in [0.15, 0.2) is 6.10 Å². The molecule has 0 fully saturated rings. The van der Waals surface area contributed by atoms with E-state index in [0.29, 0.717) is 12.8 Å². The number of esters is 2. The summed E-state index contributed by atoms with van der Waals surface area (Å²) in [5, 5.41) is 8.88. The first-order valence-electron chi connectivity index (χ1n) is 21.7. The minimum atomic E-state index is -4.71. The van der Waals surface area contributed by atoms with Crippen molar-refractivity contribution >= 4 is 25.7 Å². The lowest BCUT2D eigenvalue weighted by Crippen LogP contribution is -2.34. The molecular weight excluding hydrogens is 709 g/mol. The highest BCUT2D eigenvalue weighted by Crippen LogP contribution is 2.43. The normalized spacial score (nSPS) is 13.9.